The summed E-state index contributed by atoms with van der Waals surface area (Å²) in [6.45, 7) is 1.60. The lowest BCUT2D eigenvalue weighted by Crippen LogP contribution is -2.05. The molecule has 0 saturated heterocycles. The number of aromatic nitrogens is 1. The summed E-state index contributed by atoms with van der Waals surface area (Å²) in [5, 5.41) is 0.736. The van der Waals surface area contributed by atoms with Crippen molar-refractivity contribution in [2.75, 3.05) is 12.9 Å². The molecule has 1 aromatic heterocycles. The highest BCUT2D eigenvalue weighted by Gasteiger charge is 2.15. The number of sulfone groups is 1. The quantitative estimate of drug-likeness (QED) is 0.865. The second kappa shape index (κ2) is 5.05. The van der Waals surface area contributed by atoms with E-state index in [0.29, 0.717) is 0 Å². The maximum atomic E-state index is 11.9. The minimum Gasteiger partial charge on any atom is -0.469 e. The van der Waals surface area contributed by atoms with Crippen molar-refractivity contribution >= 4 is 26.7 Å². The van der Waals surface area contributed by atoms with Crippen LogP contribution in [0.15, 0.2) is 29.3 Å². The topological polar surface area (TPSA) is 76.2 Å². The zero-order valence-corrected chi connectivity index (χ0v) is 11.6. The molecule has 102 valence electrons. The van der Waals surface area contributed by atoms with Crippen LogP contribution in [0.4, 0.5) is 0 Å². The van der Waals surface area contributed by atoms with E-state index in [1.807, 2.05) is 0 Å². The number of carbonyl (C=O) groups excluding carboxylic acids is 1. The zero-order chi connectivity index (χ0) is 14.0. The molecule has 0 atom stereocenters. The summed E-state index contributed by atoms with van der Waals surface area (Å²) in [4.78, 5) is 14.6. The lowest BCUT2D eigenvalue weighted by atomic mass is 10.1. The van der Waals surface area contributed by atoms with E-state index in [0.717, 1.165) is 16.5 Å². The smallest absolute Gasteiger partial charge is 0.310 e. The largest absolute Gasteiger partial charge is 0.469 e. The van der Waals surface area contributed by atoms with Crippen LogP contribution in [0.2, 0.25) is 0 Å². The lowest BCUT2D eigenvalue weighted by Gasteiger charge is -2.03. The summed E-state index contributed by atoms with van der Waals surface area (Å²) >= 11 is 0. The number of hydrogen-bond donors (Lipinski definition) is 1. The summed E-state index contributed by atoms with van der Waals surface area (Å²) < 4.78 is 28.3. The normalized spacial score (nSPS) is 11.7. The van der Waals surface area contributed by atoms with Crippen LogP contribution in [0.25, 0.3) is 10.9 Å². The van der Waals surface area contributed by atoms with E-state index in [2.05, 4.69) is 9.72 Å². The van der Waals surface area contributed by atoms with E-state index in [-0.39, 0.29) is 23.0 Å². The van der Waals surface area contributed by atoms with Crippen LogP contribution in [-0.2, 0) is 25.8 Å². The fourth-order valence-corrected chi connectivity index (χ4v) is 2.80. The van der Waals surface area contributed by atoms with E-state index < -0.39 is 9.84 Å². The summed E-state index contributed by atoms with van der Waals surface area (Å²) in [5.41, 5.74) is 1.53. The van der Waals surface area contributed by atoms with Gasteiger partial charge in [-0.05, 0) is 23.8 Å². The summed E-state index contributed by atoms with van der Waals surface area (Å²) in [6, 6.07) is 4.88. The number of methoxy groups -OCH3 is 1. The van der Waals surface area contributed by atoms with Crippen molar-refractivity contribution in [3.8, 4) is 0 Å². The summed E-state index contributed by atoms with van der Waals surface area (Å²) in [5.74, 6) is -0.306. The molecule has 0 bridgehead atoms. The molecule has 6 heteroatoms. The van der Waals surface area contributed by atoms with Crippen molar-refractivity contribution in [3.05, 3.63) is 30.0 Å². The average Bonchev–Trinajstić information content (AvgIpc) is 2.81. The molecule has 0 amide bonds. The minimum atomic E-state index is -3.25. The van der Waals surface area contributed by atoms with E-state index in [1.165, 1.54) is 7.11 Å². The van der Waals surface area contributed by atoms with Gasteiger partial charge in [-0.1, -0.05) is 6.92 Å². The number of hydrogen-bond acceptors (Lipinski definition) is 4. The Bertz CT molecular complexity index is 715. The Balaban J connectivity index is 2.52. The minimum absolute atomic E-state index is 0.0509. The maximum absolute atomic E-state index is 11.9. The van der Waals surface area contributed by atoms with Crippen LogP contribution in [-0.4, -0.2) is 32.2 Å². The number of carbonyl (C=O) groups is 1. The molecule has 0 spiro atoms. The molecule has 2 aromatic rings. The second-order valence-electron chi connectivity index (χ2n) is 4.18. The van der Waals surface area contributed by atoms with Gasteiger partial charge in [-0.25, -0.2) is 8.42 Å². The first-order valence-electron chi connectivity index (χ1n) is 5.87. The third kappa shape index (κ3) is 2.63. The first-order valence-corrected chi connectivity index (χ1v) is 7.52. The molecule has 0 aliphatic carbocycles. The Morgan fingerprint density at radius 2 is 2.11 bits per heavy atom. The fraction of sp³-hybridized carbons (Fsp3) is 0.308. The summed E-state index contributed by atoms with van der Waals surface area (Å²) in [7, 11) is -1.92. The molecule has 0 unspecified atom stereocenters. The predicted molar refractivity (Wildman–Crippen MR) is 71.7 cm³/mol. The van der Waals surface area contributed by atoms with Gasteiger partial charge in [-0.2, -0.15) is 0 Å². The number of esters is 1. The number of rotatable bonds is 4. The molecule has 2 rings (SSSR count). The van der Waals surface area contributed by atoms with Crippen molar-refractivity contribution in [1.82, 2.24) is 4.98 Å². The van der Waals surface area contributed by atoms with E-state index in [9.17, 15) is 13.2 Å². The van der Waals surface area contributed by atoms with Crippen LogP contribution < -0.4 is 0 Å². The first kappa shape index (κ1) is 13.6. The molecule has 0 radical (unpaired) electrons. The van der Waals surface area contributed by atoms with Crippen LogP contribution in [0.1, 0.15) is 12.5 Å². The van der Waals surface area contributed by atoms with Gasteiger partial charge in [0.05, 0.1) is 24.2 Å². The molecule has 0 fully saturated rings. The number of aromatic amines is 1. The highest BCUT2D eigenvalue weighted by Crippen LogP contribution is 2.23. The molecule has 0 aliphatic rings. The molecule has 1 heterocycles. The number of fused-ring (bicyclic) bond motifs is 1. The van der Waals surface area contributed by atoms with E-state index in [1.54, 1.807) is 31.3 Å². The Hall–Kier alpha value is -1.82. The van der Waals surface area contributed by atoms with Crippen molar-refractivity contribution in [1.29, 1.82) is 0 Å². The molecule has 1 aromatic carbocycles. The molecule has 1 N–H and O–H groups in total. The molecular weight excluding hydrogens is 266 g/mol. The van der Waals surface area contributed by atoms with Gasteiger partial charge in [0, 0.05) is 17.1 Å². The van der Waals surface area contributed by atoms with Crippen molar-refractivity contribution in [3.63, 3.8) is 0 Å². The highest BCUT2D eigenvalue weighted by atomic mass is 32.2. The Morgan fingerprint density at radius 3 is 2.74 bits per heavy atom. The number of ether oxygens (including phenoxy) is 1. The standard InChI is InChI=1S/C13H15NO4S/c1-3-19(16,17)10-4-5-12-11(7-10)9(8-14-12)6-13(15)18-2/h4-5,7-8,14H,3,6H2,1-2H3. The molecular formula is C13H15NO4S. The SMILES string of the molecule is CCS(=O)(=O)c1ccc2[nH]cc(CC(=O)OC)c2c1. The Morgan fingerprint density at radius 1 is 1.37 bits per heavy atom. The zero-order valence-electron chi connectivity index (χ0n) is 10.8. The van der Waals surface area contributed by atoms with Crippen LogP contribution >= 0.6 is 0 Å². The number of nitrogens with one attached hydrogen (secondary N) is 1. The number of benzene rings is 1. The van der Waals surface area contributed by atoms with Gasteiger partial charge >= 0.3 is 5.97 Å². The second-order valence-corrected chi connectivity index (χ2v) is 6.46. The van der Waals surface area contributed by atoms with Gasteiger partial charge in [0.1, 0.15) is 0 Å². The van der Waals surface area contributed by atoms with Gasteiger partial charge in [0.2, 0.25) is 0 Å². The Labute approximate surface area is 111 Å². The van der Waals surface area contributed by atoms with Gasteiger partial charge in [-0.3, -0.25) is 4.79 Å². The third-order valence-electron chi connectivity index (χ3n) is 3.04. The first-order chi connectivity index (χ1) is 8.97. The Kier molecular flexibility index (Phi) is 3.61. The molecule has 5 nitrogen and oxygen atoms in total. The van der Waals surface area contributed by atoms with Crippen molar-refractivity contribution in [2.24, 2.45) is 0 Å². The van der Waals surface area contributed by atoms with Crippen LogP contribution in [0.5, 0.6) is 0 Å². The monoisotopic (exact) mass is 281 g/mol. The van der Waals surface area contributed by atoms with Crippen LogP contribution in [0.3, 0.4) is 0 Å². The van der Waals surface area contributed by atoms with E-state index >= 15 is 0 Å². The number of H-pyrrole nitrogens is 1. The third-order valence-corrected chi connectivity index (χ3v) is 4.77. The van der Waals surface area contributed by atoms with Gasteiger partial charge < -0.3 is 9.72 Å². The van der Waals surface area contributed by atoms with Crippen LogP contribution in [0, 0.1) is 0 Å². The van der Waals surface area contributed by atoms with Gasteiger partial charge in [0.15, 0.2) is 9.84 Å². The lowest BCUT2D eigenvalue weighted by molar-refractivity contribution is -0.139. The fourth-order valence-electron chi connectivity index (χ4n) is 1.89. The van der Waals surface area contributed by atoms with Crippen molar-refractivity contribution < 1.29 is 17.9 Å². The van der Waals surface area contributed by atoms with Gasteiger partial charge in [-0.15, -0.1) is 0 Å². The summed E-state index contributed by atoms with van der Waals surface area (Å²) in [6.07, 6.45) is 1.82. The maximum Gasteiger partial charge on any atom is 0.310 e. The predicted octanol–water partition coefficient (Wildman–Crippen LogP) is 1.68. The average molecular weight is 281 g/mol. The molecule has 0 aliphatic heterocycles. The van der Waals surface area contributed by atoms with Crippen molar-refractivity contribution in [2.45, 2.75) is 18.2 Å². The van der Waals surface area contributed by atoms with Gasteiger partial charge in [0.25, 0.3) is 0 Å². The molecule has 0 saturated carbocycles. The molecule has 19 heavy (non-hydrogen) atoms. The van der Waals surface area contributed by atoms with E-state index in [4.69, 9.17) is 0 Å². The highest BCUT2D eigenvalue weighted by molar-refractivity contribution is 7.91.